The molecule has 2 aromatic heterocycles. The molecule has 1 atom stereocenters. The summed E-state index contributed by atoms with van der Waals surface area (Å²) in [5.41, 5.74) is 2.87. The number of hydrogen-bond donors (Lipinski definition) is 2. The number of nitrogens with one attached hydrogen (secondary N) is 1. The van der Waals surface area contributed by atoms with Gasteiger partial charge in [-0.15, -0.1) is 0 Å². The number of halogens is 2. The first-order valence-electron chi connectivity index (χ1n) is 9.62. The zero-order valence-corrected chi connectivity index (χ0v) is 16.4. The van der Waals surface area contributed by atoms with Gasteiger partial charge in [0, 0.05) is 25.1 Å². The highest BCUT2D eigenvalue weighted by molar-refractivity contribution is 5.71. The van der Waals surface area contributed by atoms with E-state index >= 15 is 0 Å². The minimum Gasteiger partial charge on any atom is -0.465 e. The molecular formula is C23H19F2N4O2. The van der Waals surface area contributed by atoms with Gasteiger partial charge in [-0.2, -0.15) is 0 Å². The van der Waals surface area contributed by atoms with Gasteiger partial charge in [-0.05, 0) is 47.5 Å². The van der Waals surface area contributed by atoms with Crippen LogP contribution in [-0.4, -0.2) is 31.8 Å². The number of hydrogen-bond acceptors (Lipinski definition) is 3. The quantitative estimate of drug-likeness (QED) is 0.469. The van der Waals surface area contributed by atoms with Crippen molar-refractivity contribution >= 4 is 17.3 Å². The standard InChI is InChI=1S/C23H19F2N4O2/c24-17-7-3-15(4-8-17)12-19(27-23(30)31)13-21-28-20-2-1-11-26-22(20)29(21)14-16-5-9-18(25)10-6-16/h1-12,19,27H,13-14H2,(H,30,31)/t19-/m0/s1. The van der Waals surface area contributed by atoms with E-state index in [0.717, 1.165) is 5.56 Å². The number of imidazole rings is 1. The van der Waals surface area contributed by atoms with Crippen LogP contribution in [0, 0.1) is 18.1 Å². The lowest BCUT2D eigenvalue weighted by atomic mass is 10.0. The molecule has 0 fully saturated rings. The Kier molecular flexibility index (Phi) is 5.88. The minimum atomic E-state index is -1.18. The highest BCUT2D eigenvalue weighted by Crippen LogP contribution is 2.19. The molecule has 6 nitrogen and oxygen atoms in total. The van der Waals surface area contributed by atoms with Crippen molar-refractivity contribution in [1.82, 2.24) is 19.9 Å². The van der Waals surface area contributed by atoms with E-state index in [-0.39, 0.29) is 18.1 Å². The molecule has 0 aliphatic carbocycles. The van der Waals surface area contributed by atoms with Crippen LogP contribution in [0.3, 0.4) is 0 Å². The average molecular weight is 421 g/mol. The highest BCUT2D eigenvalue weighted by atomic mass is 19.1. The number of rotatable bonds is 7. The van der Waals surface area contributed by atoms with Gasteiger partial charge in [0.15, 0.2) is 5.65 Å². The van der Waals surface area contributed by atoms with E-state index in [4.69, 9.17) is 0 Å². The highest BCUT2D eigenvalue weighted by Gasteiger charge is 2.20. The Morgan fingerprint density at radius 3 is 2.42 bits per heavy atom. The summed E-state index contributed by atoms with van der Waals surface area (Å²) < 4.78 is 28.4. The fourth-order valence-corrected chi connectivity index (χ4v) is 3.41. The number of nitrogens with zero attached hydrogens (tertiary/aromatic N) is 3. The Hall–Kier alpha value is -3.81. The molecule has 4 rings (SSSR count). The van der Waals surface area contributed by atoms with Crippen LogP contribution in [-0.2, 0) is 13.0 Å². The first-order valence-corrected chi connectivity index (χ1v) is 9.62. The van der Waals surface area contributed by atoms with Crippen molar-refractivity contribution in [1.29, 1.82) is 0 Å². The Bertz CT molecular complexity index is 1190. The van der Waals surface area contributed by atoms with Gasteiger partial charge in [0.25, 0.3) is 0 Å². The molecule has 0 aliphatic rings. The predicted molar refractivity (Wildman–Crippen MR) is 111 cm³/mol. The van der Waals surface area contributed by atoms with Crippen molar-refractivity contribution in [2.75, 3.05) is 0 Å². The summed E-state index contributed by atoms with van der Waals surface area (Å²) in [5, 5.41) is 11.8. The Morgan fingerprint density at radius 2 is 1.74 bits per heavy atom. The van der Waals surface area contributed by atoms with Crippen molar-refractivity contribution in [3.05, 3.63) is 102 Å². The molecule has 0 unspecified atom stereocenters. The molecule has 2 N–H and O–H groups in total. The summed E-state index contributed by atoms with van der Waals surface area (Å²) in [4.78, 5) is 20.4. The Labute approximate surface area is 177 Å². The fraction of sp³-hybridized carbons (Fsp3) is 0.130. The molecule has 2 aromatic carbocycles. The monoisotopic (exact) mass is 421 g/mol. The first-order chi connectivity index (χ1) is 15.0. The summed E-state index contributed by atoms with van der Waals surface area (Å²) in [6.07, 6.45) is 2.44. The molecule has 0 spiro atoms. The van der Waals surface area contributed by atoms with Crippen LogP contribution >= 0.6 is 0 Å². The van der Waals surface area contributed by atoms with Crippen molar-refractivity contribution in [3.8, 4) is 0 Å². The number of carbonyl (C=O) groups is 1. The molecule has 157 valence electrons. The molecule has 0 aliphatic heterocycles. The van der Waals surface area contributed by atoms with Gasteiger partial charge >= 0.3 is 6.09 Å². The van der Waals surface area contributed by atoms with E-state index in [0.29, 0.717) is 29.1 Å². The molecule has 2 heterocycles. The van der Waals surface area contributed by atoms with Gasteiger partial charge in [0.05, 0.1) is 6.54 Å². The van der Waals surface area contributed by atoms with Gasteiger partial charge in [-0.25, -0.2) is 23.5 Å². The third-order valence-electron chi connectivity index (χ3n) is 4.81. The molecule has 31 heavy (non-hydrogen) atoms. The van der Waals surface area contributed by atoms with Crippen LogP contribution in [0.5, 0.6) is 0 Å². The smallest absolute Gasteiger partial charge is 0.404 e. The molecule has 1 radical (unpaired) electrons. The van der Waals surface area contributed by atoms with Crippen molar-refractivity contribution < 1.29 is 18.7 Å². The van der Waals surface area contributed by atoms with E-state index < -0.39 is 12.1 Å². The van der Waals surface area contributed by atoms with E-state index in [1.54, 1.807) is 42.9 Å². The van der Waals surface area contributed by atoms with Crippen LogP contribution < -0.4 is 5.32 Å². The second-order valence-corrected chi connectivity index (χ2v) is 7.07. The lowest BCUT2D eigenvalue weighted by Crippen LogP contribution is -2.36. The molecule has 8 heteroatoms. The number of benzene rings is 2. The zero-order chi connectivity index (χ0) is 21.8. The van der Waals surface area contributed by atoms with Crippen molar-refractivity contribution in [2.24, 2.45) is 0 Å². The molecule has 4 aromatic rings. The summed E-state index contributed by atoms with van der Waals surface area (Å²) in [6, 6.07) is 14.9. The van der Waals surface area contributed by atoms with Crippen LogP contribution in [0.25, 0.3) is 11.2 Å². The second-order valence-electron chi connectivity index (χ2n) is 7.07. The van der Waals surface area contributed by atoms with E-state index in [9.17, 15) is 18.7 Å². The molecule has 0 saturated heterocycles. The van der Waals surface area contributed by atoms with E-state index in [1.807, 2.05) is 10.6 Å². The fourth-order valence-electron chi connectivity index (χ4n) is 3.41. The summed E-state index contributed by atoms with van der Waals surface area (Å²) >= 11 is 0. The normalized spacial score (nSPS) is 12.1. The third-order valence-corrected chi connectivity index (χ3v) is 4.81. The summed E-state index contributed by atoms with van der Waals surface area (Å²) in [7, 11) is 0. The van der Waals surface area contributed by atoms with Crippen LogP contribution in [0.4, 0.5) is 13.6 Å². The van der Waals surface area contributed by atoms with Crippen LogP contribution in [0.2, 0.25) is 0 Å². The van der Waals surface area contributed by atoms with Gasteiger partial charge < -0.3 is 15.0 Å². The second kappa shape index (κ2) is 8.91. The SMILES string of the molecule is O=C(O)N[C@@H]([CH]c1ccc(F)cc1)Cc1nc2cccnc2n1Cc1ccc(F)cc1. The number of aromatic nitrogens is 3. The predicted octanol–water partition coefficient (Wildman–Crippen LogP) is 4.19. The number of fused-ring (bicyclic) bond motifs is 1. The van der Waals surface area contributed by atoms with Crippen LogP contribution in [0.15, 0.2) is 66.9 Å². The molecule has 0 bridgehead atoms. The Balaban J connectivity index is 1.66. The number of amides is 1. The maximum Gasteiger partial charge on any atom is 0.404 e. The van der Waals surface area contributed by atoms with Gasteiger partial charge in [0.1, 0.15) is 23.0 Å². The maximum atomic E-state index is 13.3. The maximum absolute atomic E-state index is 13.3. The van der Waals surface area contributed by atoms with Gasteiger partial charge in [-0.3, -0.25) is 0 Å². The number of pyridine rings is 1. The molecular weight excluding hydrogens is 402 g/mol. The Morgan fingerprint density at radius 1 is 1.06 bits per heavy atom. The lowest BCUT2D eigenvalue weighted by molar-refractivity contribution is 0.191. The minimum absolute atomic E-state index is 0.251. The van der Waals surface area contributed by atoms with Gasteiger partial charge in [-0.1, -0.05) is 24.3 Å². The third kappa shape index (κ3) is 5.03. The van der Waals surface area contributed by atoms with Crippen LogP contribution in [0.1, 0.15) is 17.0 Å². The van der Waals surface area contributed by atoms with Crippen molar-refractivity contribution in [3.63, 3.8) is 0 Å². The molecule has 1 amide bonds. The molecule has 0 saturated carbocycles. The van der Waals surface area contributed by atoms with E-state index in [1.165, 1.54) is 24.3 Å². The van der Waals surface area contributed by atoms with E-state index in [2.05, 4.69) is 15.3 Å². The summed E-state index contributed by atoms with van der Waals surface area (Å²) in [6.45, 7) is 0.402. The first kappa shape index (κ1) is 20.5. The van der Waals surface area contributed by atoms with Crippen molar-refractivity contribution in [2.45, 2.75) is 19.0 Å². The summed E-state index contributed by atoms with van der Waals surface area (Å²) in [5.74, 6) is -0.0700. The average Bonchev–Trinajstić information content (AvgIpc) is 3.08. The zero-order valence-electron chi connectivity index (χ0n) is 16.4. The van der Waals surface area contributed by atoms with Gasteiger partial charge in [0.2, 0.25) is 0 Å². The topological polar surface area (TPSA) is 80.0 Å². The number of carboxylic acid groups (broad SMARTS) is 1. The lowest BCUT2D eigenvalue weighted by Gasteiger charge is -2.17. The largest absolute Gasteiger partial charge is 0.465 e.